The molecule has 0 saturated carbocycles. The number of nitrogens with two attached hydrogens (primary N) is 1. The Kier molecular flexibility index (Phi) is 4.69. The fraction of sp³-hybridized carbons (Fsp3) is 0.400. The molecule has 0 fully saturated rings. The molecule has 0 heterocycles. The Balaban J connectivity index is 2.55. The number of hydrogen-bond acceptors (Lipinski definition) is 2. The zero-order valence-corrected chi connectivity index (χ0v) is 9.65. The predicted molar refractivity (Wildman–Crippen MR) is 61.9 cm³/mol. The standard InChI is InChI=1S/C10H14Cl2N2/c1-14(7-13)5-4-8-2-3-9(11)10(12)6-8/h2-3,6H,4-5,7,13H2,1H3. The maximum Gasteiger partial charge on any atom is 0.0595 e. The van der Waals surface area contributed by atoms with Crippen molar-refractivity contribution in [3.8, 4) is 0 Å². The van der Waals surface area contributed by atoms with E-state index in [0.29, 0.717) is 16.7 Å². The zero-order chi connectivity index (χ0) is 10.6. The Morgan fingerprint density at radius 3 is 2.57 bits per heavy atom. The monoisotopic (exact) mass is 232 g/mol. The highest BCUT2D eigenvalue weighted by Crippen LogP contribution is 2.22. The van der Waals surface area contributed by atoms with Crippen molar-refractivity contribution in [2.24, 2.45) is 5.73 Å². The van der Waals surface area contributed by atoms with Gasteiger partial charge in [0.15, 0.2) is 0 Å². The summed E-state index contributed by atoms with van der Waals surface area (Å²) in [4.78, 5) is 2.04. The fourth-order valence-corrected chi connectivity index (χ4v) is 1.43. The van der Waals surface area contributed by atoms with E-state index in [1.165, 1.54) is 5.56 Å². The van der Waals surface area contributed by atoms with Gasteiger partial charge >= 0.3 is 0 Å². The summed E-state index contributed by atoms with van der Waals surface area (Å²) in [5.41, 5.74) is 6.65. The van der Waals surface area contributed by atoms with Gasteiger partial charge in [-0.1, -0.05) is 29.3 Å². The van der Waals surface area contributed by atoms with Crippen molar-refractivity contribution >= 4 is 23.2 Å². The second-order valence-electron chi connectivity index (χ2n) is 3.26. The highest BCUT2D eigenvalue weighted by atomic mass is 35.5. The van der Waals surface area contributed by atoms with Crippen LogP contribution in [0, 0.1) is 0 Å². The van der Waals surface area contributed by atoms with Crippen LogP contribution in [-0.4, -0.2) is 25.2 Å². The number of likely N-dealkylation sites (N-methyl/N-ethyl adjacent to an activating group) is 1. The van der Waals surface area contributed by atoms with E-state index in [-0.39, 0.29) is 0 Å². The predicted octanol–water partition coefficient (Wildman–Crippen LogP) is 2.38. The Morgan fingerprint density at radius 1 is 1.29 bits per heavy atom. The van der Waals surface area contributed by atoms with Gasteiger partial charge in [-0.3, -0.25) is 4.90 Å². The van der Waals surface area contributed by atoms with Crippen LogP contribution in [0.2, 0.25) is 10.0 Å². The zero-order valence-electron chi connectivity index (χ0n) is 8.13. The molecule has 0 radical (unpaired) electrons. The summed E-state index contributed by atoms with van der Waals surface area (Å²) in [6, 6.07) is 5.70. The number of benzene rings is 1. The Hall–Kier alpha value is -0.280. The number of rotatable bonds is 4. The summed E-state index contributed by atoms with van der Waals surface area (Å²) in [5.74, 6) is 0. The molecule has 4 heteroatoms. The molecule has 0 aromatic heterocycles. The summed E-state index contributed by atoms with van der Waals surface area (Å²) in [5, 5.41) is 1.21. The fourth-order valence-electron chi connectivity index (χ4n) is 1.11. The minimum absolute atomic E-state index is 0.571. The van der Waals surface area contributed by atoms with Gasteiger partial charge in [0.2, 0.25) is 0 Å². The number of halogens is 2. The summed E-state index contributed by atoms with van der Waals surface area (Å²) < 4.78 is 0. The number of nitrogens with zero attached hydrogens (tertiary/aromatic N) is 1. The van der Waals surface area contributed by atoms with Gasteiger partial charge in [0, 0.05) is 13.2 Å². The first-order chi connectivity index (χ1) is 6.63. The summed E-state index contributed by atoms with van der Waals surface area (Å²) in [6.07, 6.45) is 0.935. The molecule has 2 N–H and O–H groups in total. The van der Waals surface area contributed by atoms with Crippen molar-refractivity contribution in [2.45, 2.75) is 6.42 Å². The van der Waals surface area contributed by atoms with Gasteiger partial charge < -0.3 is 5.73 Å². The summed E-state index contributed by atoms with van der Waals surface area (Å²) in [7, 11) is 1.98. The first kappa shape index (κ1) is 11.8. The minimum Gasteiger partial charge on any atom is -0.318 e. The SMILES string of the molecule is CN(CN)CCc1ccc(Cl)c(Cl)c1. The van der Waals surface area contributed by atoms with Crippen LogP contribution in [0.5, 0.6) is 0 Å². The molecule has 14 heavy (non-hydrogen) atoms. The molecular formula is C10H14Cl2N2. The lowest BCUT2D eigenvalue weighted by molar-refractivity contribution is 0.349. The molecule has 0 bridgehead atoms. The lowest BCUT2D eigenvalue weighted by Crippen LogP contribution is -2.27. The Labute approximate surface area is 94.6 Å². The van der Waals surface area contributed by atoms with Gasteiger partial charge in [0.1, 0.15) is 0 Å². The molecule has 1 rings (SSSR count). The van der Waals surface area contributed by atoms with Crippen LogP contribution in [0.15, 0.2) is 18.2 Å². The van der Waals surface area contributed by atoms with E-state index >= 15 is 0 Å². The molecule has 1 aromatic rings. The first-order valence-corrected chi connectivity index (χ1v) is 5.21. The third-order valence-corrected chi connectivity index (χ3v) is 2.82. The number of hydrogen-bond donors (Lipinski definition) is 1. The average Bonchev–Trinajstić information content (AvgIpc) is 2.19. The highest BCUT2D eigenvalue weighted by Gasteiger charge is 2.00. The van der Waals surface area contributed by atoms with Crippen molar-refractivity contribution < 1.29 is 0 Å². The summed E-state index contributed by atoms with van der Waals surface area (Å²) in [6.45, 7) is 1.50. The molecule has 0 amide bonds. The molecule has 0 atom stereocenters. The molecule has 1 aromatic carbocycles. The van der Waals surface area contributed by atoms with Crippen molar-refractivity contribution in [2.75, 3.05) is 20.3 Å². The van der Waals surface area contributed by atoms with Crippen LogP contribution in [-0.2, 0) is 6.42 Å². The van der Waals surface area contributed by atoms with Gasteiger partial charge in [0.05, 0.1) is 10.0 Å². The van der Waals surface area contributed by atoms with E-state index in [4.69, 9.17) is 28.9 Å². The van der Waals surface area contributed by atoms with Crippen molar-refractivity contribution in [3.63, 3.8) is 0 Å². The van der Waals surface area contributed by atoms with Crippen LogP contribution in [0.1, 0.15) is 5.56 Å². The molecule has 0 unspecified atom stereocenters. The van der Waals surface area contributed by atoms with Crippen LogP contribution >= 0.6 is 23.2 Å². The van der Waals surface area contributed by atoms with E-state index in [2.05, 4.69) is 0 Å². The normalized spacial score (nSPS) is 10.9. The van der Waals surface area contributed by atoms with Gasteiger partial charge in [-0.05, 0) is 31.2 Å². The smallest absolute Gasteiger partial charge is 0.0595 e. The largest absolute Gasteiger partial charge is 0.318 e. The molecule has 0 aliphatic carbocycles. The van der Waals surface area contributed by atoms with E-state index in [9.17, 15) is 0 Å². The Bertz CT molecular complexity index is 302. The minimum atomic E-state index is 0.571. The van der Waals surface area contributed by atoms with Gasteiger partial charge in [-0.25, -0.2) is 0 Å². The maximum atomic E-state index is 5.89. The van der Waals surface area contributed by atoms with Crippen LogP contribution in [0.3, 0.4) is 0 Å². The molecule has 0 spiro atoms. The second kappa shape index (κ2) is 5.56. The highest BCUT2D eigenvalue weighted by molar-refractivity contribution is 6.42. The molecule has 0 aliphatic heterocycles. The average molecular weight is 233 g/mol. The molecule has 78 valence electrons. The lowest BCUT2D eigenvalue weighted by atomic mass is 10.1. The molecule has 0 aliphatic rings. The first-order valence-electron chi connectivity index (χ1n) is 4.46. The third-order valence-electron chi connectivity index (χ3n) is 2.08. The van der Waals surface area contributed by atoms with E-state index in [1.54, 1.807) is 0 Å². The van der Waals surface area contributed by atoms with Crippen LogP contribution < -0.4 is 5.73 Å². The van der Waals surface area contributed by atoms with Crippen molar-refractivity contribution in [3.05, 3.63) is 33.8 Å². The van der Waals surface area contributed by atoms with E-state index in [0.717, 1.165) is 13.0 Å². The third kappa shape index (κ3) is 3.46. The molecule has 2 nitrogen and oxygen atoms in total. The van der Waals surface area contributed by atoms with Gasteiger partial charge in [0.25, 0.3) is 0 Å². The second-order valence-corrected chi connectivity index (χ2v) is 4.08. The van der Waals surface area contributed by atoms with Gasteiger partial charge in [-0.15, -0.1) is 0 Å². The van der Waals surface area contributed by atoms with Crippen LogP contribution in [0.4, 0.5) is 0 Å². The lowest BCUT2D eigenvalue weighted by Gasteiger charge is -2.13. The quantitative estimate of drug-likeness (QED) is 0.809. The maximum absolute atomic E-state index is 5.89. The van der Waals surface area contributed by atoms with E-state index in [1.807, 2.05) is 30.1 Å². The molecular weight excluding hydrogens is 219 g/mol. The van der Waals surface area contributed by atoms with Crippen molar-refractivity contribution in [1.82, 2.24) is 4.90 Å². The van der Waals surface area contributed by atoms with Crippen molar-refractivity contribution in [1.29, 1.82) is 0 Å². The topological polar surface area (TPSA) is 29.3 Å². The summed E-state index contributed by atoms with van der Waals surface area (Å²) >= 11 is 11.7. The molecule has 0 saturated heterocycles. The van der Waals surface area contributed by atoms with E-state index < -0.39 is 0 Å². The van der Waals surface area contributed by atoms with Crippen LogP contribution in [0.25, 0.3) is 0 Å². The Morgan fingerprint density at radius 2 is 2.00 bits per heavy atom. The van der Waals surface area contributed by atoms with Gasteiger partial charge in [-0.2, -0.15) is 0 Å².